The van der Waals surface area contributed by atoms with Crippen molar-refractivity contribution in [2.75, 3.05) is 13.1 Å². The number of nitrogens with two attached hydrogens (primary N) is 1. The van der Waals surface area contributed by atoms with Gasteiger partial charge in [0, 0.05) is 6.54 Å². The number of para-hydroxylation sites is 1. The van der Waals surface area contributed by atoms with Gasteiger partial charge in [-0.25, -0.2) is 9.38 Å². The Bertz CT molecular complexity index is 396. The number of hydrogen-bond acceptors (Lipinski definition) is 2. The summed E-state index contributed by atoms with van der Waals surface area (Å²) >= 11 is 0. The van der Waals surface area contributed by atoms with Gasteiger partial charge in [-0.1, -0.05) is 19.1 Å². The number of ether oxygens (including phenoxy) is 1. The monoisotopic (exact) mass is 253 g/mol. The molecule has 0 aromatic heterocycles. The van der Waals surface area contributed by atoms with E-state index < -0.39 is 0 Å². The van der Waals surface area contributed by atoms with E-state index in [4.69, 9.17) is 10.5 Å². The molecule has 0 heterocycles. The second kappa shape index (κ2) is 7.53. The molecule has 1 unspecified atom stereocenters. The predicted molar refractivity (Wildman–Crippen MR) is 71.3 cm³/mol. The Morgan fingerprint density at radius 1 is 1.50 bits per heavy atom. The van der Waals surface area contributed by atoms with Crippen molar-refractivity contribution in [1.82, 2.24) is 5.32 Å². The third-order valence-electron chi connectivity index (χ3n) is 2.24. The summed E-state index contributed by atoms with van der Waals surface area (Å²) in [5.74, 6) is 0.256. The SMILES string of the molecule is CCCNC(N)=NCC(C)Oc1ccccc1F. The molecule has 0 amide bonds. The maximum absolute atomic E-state index is 13.3. The van der Waals surface area contributed by atoms with Crippen LogP contribution in [0.3, 0.4) is 0 Å². The standard InChI is InChI=1S/C13H20FN3O/c1-3-8-16-13(15)17-9-10(2)18-12-7-5-4-6-11(12)14/h4-7,10H,3,8-9H2,1-2H3,(H3,15,16,17). The van der Waals surface area contributed by atoms with Crippen molar-refractivity contribution < 1.29 is 9.13 Å². The third kappa shape index (κ3) is 5.03. The van der Waals surface area contributed by atoms with Crippen molar-refractivity contribution in [3.05, 3.63) is 30.1 Å². The van der Waals surface area contributed by atoms with Gasteiger partial charge in [-0.3, -0.25) is 0 Å². The Labute approximate surface area is 107 Å². The molecule has 4 nitrogen and oxygen atoms in total. The van der Waals surface area contributed by atoms with E-state index in [-0.39, 0.29) is 17.7 Å². The summed E-state index contributed by atoms with van der Waals surface area (Å²) in [6, 6.07) is 6.31. The van der Waals surface area contributed by atoms with Gasteiger partial charge in [-0.2, -0.15) is 0 Å². The van der Waals surface area contributed by atoms with Crippen molar-refractivity contribution in [2.24, 2.45) is 10.7 Å². The molecule has 0 aliphatic carbocycles. The summed E-state index contributed by atoms with van der Waals surface area (Å²) in [5, 5.41) is 2.96. The van der Waals surface area contributed by atoms with Crippen molar-refractivity contribution in [2.45, 2.75) is 26.4 Å². The van der Waals surface area contributed by atoms with Crippen molar-refractivity contribution in [3.8, 4) is 5.75 Å². The first-order valence-electron chi connectivity index (χ1n) is 6.08. The number of hydrogen-bond donors (Lipinski definition) is 2. The zero-order chi connectivity index (χ0) is 13.4. The lowest BCUT2D eigenvalue weighted by atomic mass is 10.3. The van der Waals surface area contributed by atoms with Gasteiger partial charge in [-0.05, 0) is 25.5 Å². The van der Waals surface area contributed by atoms with Crippen LogP contribution in [-0.2, 0) is 0 Å². The van der Waals surface area contributed by atoms with Crippen LogP contribution < -0.4 is 15.8 Å². The molecule has 0 radical (unpaired) electrons. The molecule has 100 valence electrons. The van der Waals surface area contributed by atoms with Crippen LogP contribution in [0.4, 0.5) is 4.39 Å². The van der Waals surface area contributed by atoms with Gasteiger partial charge < -0.3 is 15.8 Å². The number of aliphatic imine (C=N–C) groups is 1. The van der Waals surface area contributed by atoms with Crippen LogP contribution in [-0.4, -0.2) is 25.2 Å². The lowest BCUT2D eigenvalue weighted by Gasteiger charge is -2.13. The molecule has 0 spiro atoms. The van der Waals surface area contributed by atoms with E-state index in [1.165, 1.54) is 6.07 Å². The Balaban J connectivity index is 2.42. The van der Waals surface area contributed by atoms with Crippen LogP contribution in [0.1, 0.15) is 20.3 Å². The van der Waals surface area contributed by atoms with Gasteiger partial charge in [0.1, 0.15) is 6.10 Å². The van der Waals surface area contributed by atoms with E-state index in [0.717, 1.165) is 13.0 Å². The smallest absolute Gasteiger partial charge is 0.188 e. The molecule has 18 heavy (non-hydrogen) atoms. The molecule has 0 bridgehead atoms. The summed E-state index contributed by atoms with van der Waals surface area (Å²) in [6.45, 7) is 5.04. The molecule has 5 heteroatoms. The average molecular weight is 253 g/mol. The summed E-state index contributed by atoms with van der Waals surface area (Å²) in [7, 11) is 0. The Kier molecular flexibility index (Phi) is 5.97. The Hall–Kier alpha value is -1.78. The van der Waals surface area contributed by atoms with Crippen LogP contribution in [0.25, 0.3) is 0 Å². The van der Waals surface area contributed by atoms with Gasteiger partial charge in [0.25, 0.3) is 0 Å². The predicted octanol–water partition coefficient (Wildman–Crippen LogP) is 1.91. The quantitative estimate of drug-likeness (QED) is 0.601. The minimum atomic E-state index is -0.370. The summed E-state index contributed by atoms with van der Waals surface area (Å²) < 4.78 is 18.8. The number of guanidine groups is 1. The van der Waals surface area contributed by atoms with E-state index in [9.17, 15) is 4.39 Å². The van der Waals surface area contributed by atoms with Crippen LogP contribution >= 0.6 is 0 Å². The van der Waals surface area contributed by atoms with E-state index in [1.54, 1.807) is 18.2 Å². The molecule has 0 saturated heterocycles. The maximum atomic E-state index is 13.3. The van der Waals surface area contributed by atoms with E-state index >= 15 is 0 Å². The topological polar surface area (TPSA) is 59.6 Å². The molecule has 0 saturated carbocycles. The molecular formula is C13H20FN3O. The van der Waals surface area contributed by atoms with Gasteiger partial charge in [0.2, 0.25) is 0 Å². The normalized spacial score (nSPS) is 13.2. The van der Waals surface area contributed by atoms with Crippen LogP contribution in [0.2, 0.25) is 0 Å². The van der Waals surface area contributed by atoms with Gasteiger partial charge in [0.05, 0.1) is 6.54 Å². The first-order chi connectivity index (χ1) is 8.63. The zero-order valence-electron chi connectivity index (χ0n) is 10.8. The van der Waals surface area contributed by atoms with Crippen LogP contribution in [0, 0.1) is 5.82 Å². The fourth-order valence-corrected chi connectivity index (χ4v) is 1.33. The highest BCUT2D eigenvalue weighted by Gasteiger charge is 2.07. The van der Waals surface area contributed by atoms with E-state index in [0.29, 0.717) is 12.5 Å². The molecule has 0 aliphatic heterocycles. The van der Waals surface area contributed by atoms with Gasteiger partial charge in [-0.15, -0.1) is 0 Å². The highest BCUT2D eigenvalue weighted by Crippen LogP contribution is 2.16. The Morgan fingerprint density at radius 3 is 2.89 bits per heavy atom. The molecule has 1 rings (SSSR count). The second-order valence-corrected chi connectivity index (χ2v) is 4.01. The number of nitrogens with one attached hydrogen (secondary N) is 1. The summed E-state index contributed by atoms with van der Waals surface area (Å²) in [5.41, 5.74) is 5.64. The second-order valence-electron chi connectivity index (χ2n) is 4.01. The summed E-state index contributed by atoms with van der Waals surface area (Å²) in [6.07, 6.45) is 0.751. The molecule has 1 aromatic rings. The van der Waals surface area contributed by atoms with Crippen molar-refractivity contribution in [3.63, 3.8) is 0 Å². The lowest BCUT2D eigenvalue weighted by Crippen LogP contribution is -2.33. The minimum Gasteiger partial charge on any atom is -0.486 e. The Morgan fingerprint density at radius 2 is 2.22 bits per heavy atom. The molecular weight excluding hydrogens is 233 g/mol. The van der Waals surface area contributed by atoms with Crippen LogP contribution in [0.5, 0.6) is 5.75 Å². The molecule has 1 atom stereocenters. The number of nitrogens with zero attached hydrogens (tertiary/aromatic N) is 1. The molecule has 3 N–H and O–H groups in total. The molecule has 0 aliphatic rings. The summed E-state index contributed by atoms with van der Waals surface area (Å²) in [4.78, 5) is 4.12. The highest BCUT2D eigenvalue weighted by atomic mass is 19.1. The molecule has 1 aromatic carbocycles. The van der Waals surface area contributed by atoms with E-state index in [2.05, 4.69) is 10.3 Å². The first kappa shape index (κ1) is 14.3. The highest BCUT2D eigenvalue weighted by molar-refractivity contribution is 5.77. The maximum Gasteiger partial charge on any atom is 0.188 e. The fraction of sp³-hybridized carbons (Fsp3) is 0.462. The molecule has 0 fully saturated rings. The van der Waals surface area contributed by atoms with E-state index in [1.807, 2.05) is 13.8 Å². The van der Waals surface area contributed by atoms with Gasteiger partial charge >= 0.3 is 0 Å². The fourth-order valence-electron chi connectivity index (χ4n) is 1.33. The number of benzene rings is 1. The van der Waals surface area contributed by atoms with Crippen molar-refractivity contribution in [1.29, 1.82) is 0 Å². The third-order valence-corrected chi connectivity index (χ3v) is 2.24. The lowest BCUT2D eigenvalue weighted by molar-refractivity contribution is 0.220. The van der Waals surface area contributed by atoms with Crippen LogP contribution in [0.15, 0.2) is 29.3 Å². The number of halogens is 1. The average Bonchev–Trinajstić information content (AvgIpc) is 2.36. The number of rotatable bonds is 6. The van der Waals surface area contributed by atoms with Gasteiger partial charge in [0.15, 0.2) is 17.5 Å². The first-order valence-corrected chi connectivity index (χ1v) is 6.08. The zero-order valence-corrected chi connectivity index (χ0v) is 10.8. The minimum absolute atomic E-state index is 0.233. The van der Waals surface area contributed by atoms with Crippen molar-refractivity contribution >= 4 is 5.96 Å². The largest absolute Gasteiger partial charge is 0.486 e.